The number of hydrogen-bond acceptors (Lipinski definition) is 11. The van der Waals surface area contributed by atoms with Crippen LogP contribution in [-0.4, -0.2) is 94.8 Å². The van der Waals surface area contributed by atoms with Gasteiger partial charge in [0.05, 0.1) is 27.7 Å². The molecule has 0 spiro atoms. The standard InChI is InChI=1S/C34H31ClF3N9O7/c1-3-24-28(44-10-12-45(13-11-44)31(52)27-29(51)18(2)39-17-40-27)32(53)47-33(42-30(43-47)19-4-7-21(8-5-19)54-16-26(49)50)46(24)15-25(48)41-23-9-6-20(14-22(23)35)34(36,37)38/h4-9,14,17,51H,3,10-13,15-16H2,1-2H3,(H,41,48)(H,49,50). The van der Waals surface area contributed by atoms with Crippen molar-refractivity contribution in [3.05, 3.63) is 86.8 Å². The zero-order valence-corrected chi connectivity index (χ0v) is 29.3. The summed E-state index contributed by atoms with van der Waals surface area (Å²) in [6, 6.07) is 8.66. The molecule has 0 bridgehead atoms. The number of piperazine rings is 1. The number of nitrogens with zero attached hydrogens (tertiary/aromatic N) is 8. The van der Waals surface area contributed by atoms with E-state index in [0.717, 1.165) is 16.6 Å². The van der Waals surface area contributed by atoms with E-state index < -0.39 is 48.2 Å². The van der Waals surface area contributed by atoms with E-state index in [1.165, 1.54) is 27.9 Å². The molecule has 16 nitrogen and oxygen atoms in total. The van der Waals surface area contributed by atoms with Crippen LogP contribution in [0.25, 0.3) is 17.2 Å². The Balaban J connectivity index is 1.36. The number of carboxylic acids is 1. The number of hydrogen-bond donors (Lipinski definition) is 3. The van der Waals surface area contributed by atoms with Gasteiger partial charge in [-0.25, -0.2) is 14.8 Å². The summed E-state index contributed by atoms with van der Waals surface area (Å²) in [5, 5.41) is 25.9. The monoisotopic (exact) mass is 769 g/mol. The van der Waals surface area contributed by atoms with E-state index >= 15 is 0 Å². The number of alkyl halides is 3. The van der Waals surface area contributed by atoms with Gasteiger partial charge in [-0.05, 0) is 55.8 Å². The summed E-state index contributed by atoms with van der Waals surface area (Å²) in [7, 11) is 0. The smallest absolute Gasteiger partial charge is 0.416 e. The Morgan fingerprint density at radius 1 is 1.04 bits per heavy atom. The van der Waals surface area contributed by atoms with Gasteiger partial charge in [-0.3, -0.25) is 14.4 Å². The second-order valence-electron chi connectivity index (χ2n) is 12.1. The zero-order chi connectivity index (χ0) is 38.9. The number of aliphatic carboxylic acids is 1. The van der Waals surface area contributed by atoms with E-state index in [4.69, 9.17) is 21.4 Å². The topological polar surface area (TPSA) is 197 Å². The molecule has 3 N–H and O–H groups in total. The first kappa shape index (κ1) is 37.5. The highest BCUT2D eigenvalue weighted by Crippen LogP contribution is 2.34. The average Bonchev–Trinajstić information content (AvgIpc) is 3.59. The van der Waals surface area contributed by atoms with Crippen molar-refractivity contribution in [3.8, 4) is 22.9 Å². The van der Waals surface area contributed by atoms with Crippen LogP contribution in [-0.2, 0) is 28.7 Å². The molecule has 282 valence electrons. The molecule has 1 aliphatic rings. The number of anilines is 2. The van der Waals surface area contributed by atoms with E-state index in [2.05, 4.69) is 25.4 Å². The van der Waals surface area contributed by atoms with Crippen LogP contribution in [0.5, 0.6) is 11.5 Å². The Labute approximate surface area is 308 Å². The first-order valence-electron chi connectivity index (χ1n) is 16.3. The maximum absolute atomic E-state index is 14.3. The summed E-state index contributed by atoms with van der Waals surface area (Å²) in [6.45, 7) is 2.94. The van der Waals surface area contributed by atoms with E-state index in [0.29, 0.717) is 17.3 Å². The molecule has 2 amide bonds. The molecule has 1 fully saturated rings. The average molecular weight is 770 g/mol. The van der Waals surface area contributed by atoms with E-state index in [9.17, 15) is 37.5 Å². The minimum Gasteiger partial charge on any atom is -0.504 e. The van der Waals surface area contributed by atoms with Crippen LogP contribution in [0.4, 0.5) is 24.5 Å². The van der Waals surface area contributed by atoms with Gasteiger partial charge in [-0.1, -0.05) is 18.5 Å². The van der Waals surface area contributed by atoms with Gasteiger partial charge in [-0.15, -0.1) is 5.10 Å². The zero-order valence-electron chi connectivity index (χ0n) is 28.6. The fraction of sp³-hybridized carbons (Fsp3) is 0.294. The highest BCUT2D eigenvalue weighted by atomic mass is 35.5. The first-order valence-corrected chi connectivity index (χ1v) is 16.7. The molecule has 3 aromatic heterocycles. The second kappa shape index (κ2) is 15.0. The number of carbonyl (C=O) groups excluding carboxylic acids is 2. The lowest BCUT2D eigenvalue weighted by Crippen LogP contribution is -2.51. The molecular weight excluding hydrogens is 739 g/mol. The van der Waals surface area contributed by atoms with Crippen LogP contribution < -0.4 is 20.5 Å². The van der Waals surface area contributed by atoms with Crippen LogP contribution in [0.3, 0.4) is 0 Å². The number of fused-ring (bicyclic) bond motifs is 1. The largest absolute Gasteiger partial charge is 0.504 e. The van der Waals surface area contributed by atoms with E-state index in [-0.39, 0.29) is 83.5 Å². The molecule has 5 aromatic rings. The number of carbonyl (C=O) groups is 3. The SMILES string of the molecule is CCc1c(N2CCN(C(=O)c3ncnc(C)c3O)CC2)c(=O)n2nc(-c3ccc(OCC(=O)O)cc3)nc2n1CC(=O)Nc1ccc(C(F)(F)F)cc1Cl. The van der Waals surface area contributed by atoms with E-state index in [1.807, 2.05) is 0 Å². The van der Waals surface area contributed by atoms with Crippen molar-refractivity contribution in [2.75, 3.05) is 43.0 Å². The van der Waals surface area contributed by atoms with Crippen molar-refractivity contribution < 1.29 is 42.5 Å². The molecule has 20 heteroatoms. The van der Waals surface area contributed by atoms with Crippen molar-refractivity contribution >= 4 is 46.5 Å². The van der Waals surface area contributed by atoms with Gasteiger partial charge in [0.15, 0.2) is 23.9 Å². The molecule has 0 unspecified atom stereocenters. The molecule has 4 heterocycles. The van der Waals surface area contributed by atoms with Crippen molar-refractivity contribution in [3.63, 3.8) is 0 Å². The minimum atomic E-state index is -4.65. The highest BCUT2D eigenvalue weighted by molar-refractivity contribution is 6.33. The lowest BCUT2D eigenvalue weighted by molar-refractivity contribution is -0.139. The number of aryl methyl sites for hydroxylation is 1. The number of aromatic hydroxyl groups is 1. The summed E-state index contributed by atoms with van der Waals surface area (Å²) in [5.41, 5.74) is -0.515. The number of aromatic nitrogens is 6. The van der Waals surface area contributed by atoms with Crippen molar-refractivity contribution in [1.82, 2.24) is 34.0 Å². The minimum absolute atomic E-state index is 0.0149. The van der Waals surface area contributed by atoms with Gasteiger partial charge < -0.3 is 34.6 Å². The Morgan fingerprint density at radius 2 is 1.74 bits per heavy atom. The van der Waals surface area contributed by atoms with Gasteiger partial charge in [0.1, 0.15) is 24.3 Å². The van der Waals surface area contributed by atoms with Crippen molar-refractivity contribution in [2.24, 2.45) is 0 Å². The summed E-state index contributed by atoms with van der Waals surface area (Å²) in [5.74, 6) is -2.35. The molecule has 0 radical (unpaired) electrons. The molecular formula is C34H31ClF3N9O7. The Kier molecular flexibility index (Phi) is 10.4. The Morgan fingerprint density at radius 3 is 2.37 bits per heavy atom. The number of rotatable bonds is 10. The molecule has 0 saturated carbocycles. The summed E-state index contributed by atoms with van der Waals surface area (Å²) >= 11 is 6.11. The van der Waals surface area contributed by atoms with Crippen molar-refractivity contribution in [1.29, 1.82) is 0 Å². The summed E-state index contributed by atoms with van der Waals surface area (Å²) < 4.78 is 47.4. The second-order valence-corrected chi connectivity index (χ2v) is 12.5. The Hall–Kier alpha value is -6.24. The highest BCUT2D eigenvalue weighted by Gasteiger charge is 2.32. The number of benzene rings is 2. The normalized spacial score (nSPS) is 13.3. The molecule has 2 aromatic carbocycles. The predicted octanol–water partition coefficient (Wildman–Crippen LogP) is 3.66. The van der Waals surface area contributed by atoms with Crippen LogP contribution >= 0.6 is 11.6 Å². The number of ether oxygens (including phenoxy) is 1. The number of nitrogens with one attached hydrogen (secondary N) is 1. The summed E-state index contributed by atoms with van der Waals surface area (Å²) in [4.78, 5) is 67.6. The molecule has 6 rings (SSSR count). The van der Waals surface area contributed by atoms with Gasteiger partial charge >= 0.3 is 12.1 Å². The van der Waals surface area contributed by atoms with Gasteiger partial charge in [0, 0.05) is 31.7 Å². The first-order chi connectivity index (χ1) is 25.7. The molecule has 0 aliphatic carbocycles. The maximum Gasteiger partial charge on any atom is 0.416 e. The van der Waals surface area contributed by atoms with E-state index in [1.54, 1.807) is 30.9 Å². The fourth-order valence-electron chi connectivity index (χ4n) is 5.93. The quantitative estimate of drug-likeness (QED) is 0.187. The predicted molar refractivity (Wildman–Crippen MR) is 187 cm³/mol. The summed E-state index contributed by atoms with van der Waals surface area (Å²) in [6.07, 6.45) is -3.24. The lowest BCUT2D eigenvalue weighted by atomic mass is 10.2. The third kappa shape index (κ3) is 7.61. The lowest BCUT2D eigenvalue weighted by Gasteiger charge is -2.36. The van der Waals surface area contributed by atoms with Crippen LogP contribution in [0.1, 0.15) is 34.4 Å². The molecule has 1 saturated heterocycles. The van der Waals surface area contributed by atoms with Gasteiger partial charge in [0.25, 0.3) is 11.5 Å². The number of amides is 2. The Bertz CT molecular complexity index is 2320. The van der Waals surface area contributed by atoms with Gasteiger partial charge in [0.2, 0.25) is 11.7 Å². The van der Waals surface area contributed by atoms with Crippen LogP contribution in [0, 0.1) is 6.92 Å². The number of halogens is 4. The van der Waals surface area contributed by atoms with Crippen LogP contribution in [0.2, 0.25) is 5.02 Å². The van der Waals surface area contributed by atoms with Gasteiger partial charge in [-0.2, -0.15) is 22.7 Å². The third-order valence-corrected chi connectivity index (χ3v) is 8.91. The van der Waals surface area contributed by atoms with Crippen molar-refractivity contribution in [2.45, 2.75) is 33.0 Å². The number of carboxylic acid groups (broad SMARTS) is 1. The van der Waals surface area contributed by atoms with Crippen LogP contribution in [0.15, 0.2) is 53.6 Å². The maximum atomic E-state index is 14.3. The molecule has 1 aliphatic heterocycles. The third-order valence-electron chi connectivity index (χ3n) is 8.60. The molecule has 0 atom stereocenters. The molecule has 54 heavy (non-hydrogen) atoms. The fourth-order valence-corrected chi connectivity index (χ4v) is 6.16.